The molecule has 1 aliphatic rings. The lowest BCUT2D eigenvalue weighted by Crippen LogP contribution is -2.11. The zero-order valence-electron chi connectivity index (χ0n) is 10.8. The van der Waals surface area contributed by atoms with Gasteiger partial charge in [-0.15, -0.1) is 0 Å². The summed E-state index contributed by atoms with van der Waals surface area (Å²) < 4.78 is 26.4. The normalized spacial score (nSPS) is 17.8. The molecule has 0 saturated heterocycles. The Bertz CT molecular complexity index is 711. The van der Waals surface area contributed by atoms with Crippen LogP contribution in [0.3, 0.4) is 0 Å². The predicted molar refractivity (Wildman–Crippen MR) is 73.8 cm³/mol. The summed E-state index contributed by atoms with van der Waals surface area (Å²) in [5.74, 6) is 0. The van der Waals surface area contributed by atoms with Gasteiger partial charge in [-0.05, 0) is 43.4 Å². The number of aromatic nitrogens is 1. The third-order valence-corrected chi connectivity index (χ3v) is 5.76. The second-order valence-electron chi connectivity index (χ2n) is 5.28. The first kappa shape index (κ1) is 12.7. The van der Waals surface area contributed by atoms with Gasteiger partial charge in [0.2, 0.25) is 0 Å². The fraction of sp³-hybridized carbons (Fsp3) is 0.429. The SMILES string of the molecule is C[C@H](O)Cn1ccc2ccc(S(=O)(=O)C3CC3)cc21. The summed E-state index contributed by atoms with van der Waals surface area (Å²) in [6.45, 7) is 2.19. The fourth-order valence-corrected chi connectivity index (χ4v) is 4.03. The van der Waals surface area contributed by atoms with E-state index in [1.165, 1.54) is 0 Å². The van der Waals surface area contributed by atoms with Crippen LogP contribution in [-0.4, -0.2) is 29.4 Å². The molecule has 2 aromatic rings. The van der Waals surface area contributed by atoms with Crippen LogP contribution in [-0.2, 0) is 16.4 Å². The van der Waals surface area contributed by atoms with E-state index in [-0.39, 0.29) is 5.25 Å². The predicted octanol–water partition coefficient (Wildman–Crippen LogP) is 1.96. The molecule has 0 bridgehead atoms. The van der Waals surface area contributed by atoms with Gasteiger partial charge in [-0.2, -0.15) is 0 Å². The number of rotatable bonds is 4. The fourth-order valence-electron chi connectivity index (χ4n) is 2.36. The molecule has 1 fully saturated rings. The molecule has 4 nitrogen and oxygen atoms in total. The van der Waals surface area contributed by atoms with Crippen LogP contribution in [0.2, 0.25) is 0 Å². The maximum atomic E-state index is 12.2. The Morgan fingerprint density at radius 1 is 1.37 bits per heavy atom. The molecular weight excluding hydrogens is 262 g/mol. The van der Waals surface area contributed by atoms with E-state index < -0.39 is 15.9 Å². The standard InChI is InChI=1S/C14H17NO3S/c1-10(16)9-15-7-6-11-2-3-13(8-14(11)15)19(17,18)12-4-5-12/h2-3,6-8,10,12,16H,4-5,9H2,1H3/t10-/m0/s1. The lowest BCUT2D eigenvalue weighted by molar-refractivity contribution is 0.175. The average molecular weight is 279 g/mol. The lowest BCUT2D eigenvalue weighted by atomic mass is 10.2. The zero-order chi connectivity index (χ0) is 13.6. The Morgan fingerprint density at radius 3 is 2.74 bits per heavy atom. The molecule has 1 aromatic carbocycles. The first-order chi connectivity index (χ1) is 8.98. The first-order valence-electron chi connectivity index (χ1n) is 6.49. The van der Waals surface area contributed by atoms with E-state index in [1.807, 2.05) is 22.9 Å². The monoisotopic (exact) mass is 279 g/mol. The highest BCUT2D eigenvalue weighted by atomic mass is 32.2. The molecule has 0 amide bonds. The molecule has 1 aromatic heterocycles. The molecule has 1 saturated carbocycles. The smallest absolute Gasteiger partial charge is 0.181 e. The summed E-state index contributed by atoms with van der Waals surface area (Å²) >= 11 is 0. The van der Waals surface area contributed by atoms with Crippen LogP contribution in [0.15, 0.2) is 35.4 Å². The van der Waals surface area contributed by atoms with Gasteiger partial charge >= 0.3 is 0 Å². The van der Waals surface area contributed by atoms with Crippen LogP contribution in [0.1, 0.15) is 19.8 Å². The largest absolute Gasteiger partial charge is 0.392 e. The average Bonchev–Trinajstić information content (AvgIpc) is 3.13. The number of aliphatic hydroxyl groups excluding tert-OH is 1. The summed E-state index contributed by atoms with van der Waals surface area (Å²) in [5, 5.41) is 10.3. The number of aliphatic hydroxyl groups is 1. The second-order valence-corrected chi connectivity index (χ2v) is 7.51. The summed E-state index contributed by atoms with van der Waals surface area (Å²) in [6, 6.07) is 7.18. The van der Waals surface area contributed by atoms with Gasteiger partial charge in [0.1, 0.15) is 0 Å². The minimum absolute atomic E-state index is 0.190. The highest BCUT2D eigenvalue weighted by Crippen LogP contribution is 2.34. The van der Waals surface area contributed by atoms with E-state index in [1.54, 1.807) is 19.1 Å². The van der Waals surface area contributed by atoms with E-state index in [2.05, 4.69) is 0 Å². The van der Waals surface area contributed by atoms with Crippen molar-refractivity contribution in [2.24, 2.45) is 0 Å². The van der Waals surface area contributed by atoms with E-state index in [4.69, 9.17) is 0 Å². The highest BCUT2D eigenvalue weighted by Gasteiger charge is 2.36. The summed E-state index contributed by atoms with van der Waals surface area (Å²) in [7, 11) is -3.16. The number of nitrogens with zero attached hydrogens (tertiary/aromatic N) is 1. The van der Waals surface area contributed by atoms with Crippen molar-refractivity contribution in [3.8, 4) is 0 Å². The summed E-state index contributed by atoms with van der Waals surface area (Å²) in [6.07, 6.45) is 2.97. The summed E-state index contributed by atoms with van der Waals surface area (Å²) in [5.41, 5.74) is 0.864. The third kappa shape index (κ3) is 2.28. The molecule has 1 atom stereocenters. The minimum Gasteiger partial charge on any atom is -0.392 e. The molecule has 1 N–H and O–H groups in total. The zero-order valence-corrected chi connectivity index (χ0v) is 11.6. The Morgan fingerprint density at radius 2 is 2.11 bits per heavy atom. The van der Waals surface area contributed by atoms with Crippen LogP contribution >= 0.6 is 0 Å². The van der Waals surface area contributed by atoms with Crippen LogP contribution in [0.4, 0.5) is 0 Å². The van der Waals surface area contributed by atoms with Gasteiger partial charge in [0.15, 0.2) is 9.84 Å². The van der Waals surface area contributed by atoms with Gasteiger partial charge in [0.05, 0.1) is 16.2 Å². The molecule has 0 radical (unpaired) electrons. The van der Waals surface area contributed by atoms with Gasteiger partial charge in [0, 0.05) is 18.3 Å². The maximum absolute atomic E-state index is 12.2. The van der Waals surface area contributed by atoms with Gasteiger partial charge in [-0.3, -0.25) is 0 Å². The summed E-state index contributed by atoms with van der Waals surface area (Å²) in [4.78, 5) is 0.396. The van der Waals surface area contributed by atoms with E-state index in [0.29, 0.717) is 11.4 Å². The molecule has 1 heterocycles. The Kier molecular flexibility index (Phi) is 2.91. The molecule has 102 valence electrons. The number of benzene rings is 1. The number of fused-ring (bicyclic) bond motifs is 1. The van der Waals surface area contributed by atoms with Crippen molar-refractivity contribution < 1.29 is 13.5 Å². The minimum atomic E-state index is -3.16. The quantitative estimate of drug-likeness (QED) is 0.930. The molecule has 1 aliphatic carbocycles. The van der Waals surface area contributed by atoms with Crippen molar-refractivity contribution in [1.29, 1.82) is 0 Å². The van der Waals surface area contributed by atoms with Gasteiger partial charge in [0.25, 0.3) is 0 Å². The van der Waals surface area contributed by atoms with Crippen molar-refractivity contribution in [2.45, 2.75) is 42.6 Å². The molecule has 0 spiro atoms. The maximum Gasteiger partial charge on any atom is 0.181 e. The van der Waals surface area contributed by atoms with E-state index in [0.717, 1.165) is 23.7 Å². The van der Waals surface area contributed by atoms with Crippen molar-refractivity contribution in [1.82, 2.24) is 4.57 Å². The topological polar surface area (TPSA) is 59.3 Å². The Hall–Kier alpha value is -1.33. The molecular formula is C14H17NO3S. The van der Waals surface area contributed by atoms with Crippen LogP contribution in [0, 0.1) is 0 Å². The van der Waals surface area contributed by atoms with E-state index >= 15 is 0 Å². The molecule has 19 heavy (non-hydrogen) atoms. The van der Waals surface area contributed by atoms with Crippen molar-refractivity contribution in [2.75, 3.05) is 0 Å². The van der Waals surface area contributed by atoms with Gasteiger partial charge < -0.3 is 9.67 Å². The van der Waals surface area contributed by atoms with Gasteiger partial charge in [-0.25, -0.2) is 8.42 Å². The number of hydrogen-bond donors (Lipinski definition) is 1. The van der Waals surface area contributed by atoms with Crippen molar-refractivity contribution in [3.63, 3.8) is 0 Å². The third-order valence-electron chi connectivity index (χ3n) is 3.50. The molecule has 0 aliphatic heterocycles. The van der Waals surface area contributed by atoms with Crippen molar-refractivity contribution in [3.05, 3.63) is 30.5 Å². The van der Waals surface area contributed by atoms with Crippen molar-refractivity contribution >= 4 is 20.7 Å². The molecule has 5 heteroatoms. The lowest BCUT2D eigenvalue weighted by Gasteiger charge is -2.09. The van der Waals surface area contributed by atoms with E-state index in [9.17, 15) is 13.5 Å². The molecule has 0 unspecified atom stereocenters. The highest BCUT2D eigenvalue weighted by molar-refractivity contribution is 7.92. The number of sulfone groups is 1. The number of hydrogen-bond acceptors (Lipinski definition) is 3. The molecule has 3 rings (SSSR count). The van der Waals surface area contributed by atoms with Gasteiger partial charge in [-0.1, -0.05) is 6.07 Å². The van der Waals surface area contributed by atoms with Crippen LogP contribution < -0.4 is 0 Å². The second kappa shape index (κ2) is 4.35. The Balaban J connectivity index is 2.08. The Labute approximate surface area is 112 Å². The van der Waals surface area contributed by atoms with Crippen LogP contribution in [0.25, 0.3) is 10.9 Å². The first-order valence-corrected chi connectivity index (χ1v) is 8.04. The van der Waals surface area contributed by atoms with Crippen LogP contribution in [0.5, 0.6) is 0 Å².